The van der Waals surface area contributed by atoms with Gasteiger partial charge in [0.2, 0.25) is 0 Å². The first kappa shape index (κ1) is 13.9. The van der Waals surface area contributed by atoms with Crippen LogP contribution in [0.5, 0.6) is 5.75 Å². The Morgan fingerprint density at radius 1 is 1.11 bits per heavy atom. The summed E-state index contributed by atoms with van der Waals surface area (Å²) in [6.45, 7) is 2.07. The second-order valence-electron chi connectivity index (χ2n) is 4.32. The molecule has 0 radical (unpaired) electrons. The molecule has 3 nitrogen and oxygen atoms in total. The van der Waals surface area contributed by atoms with Crippen LogP contribution in [0.3, 0.4) is 0 Å². The smallest absolute Gasteiger partial charge is 0.137 e. The van der Waals surface area contributed by atoms with E-state index in [0.717, 1.165) is 22.7 Å². The van der Waals surface area contributed by atoms with E-state index < -0.39 is 0 Å². The molecule has 0 spiro atoms. The number of rotatable bonds is 2. The molecule has 0 unspecified atom stereocenters. The molecule has 0 aliphatic carbocycles. The minimum atomic E-state index is 0. The number of imidazole rings is 1. The van der Waals surface area contributed by atoms with Gasteiger partial charge in [-0.05, 0) is 48.9 Å². The third kappa shape index (κ3) is 2.73. The number of methoxy groups -OCH3 is 1. The van der Waals surface area contributed by atoms with Gasteiger partial charge in [-0.2, -0.15) is 0 Å². The van der Waals surface area contributed by atoms with Crippen LogP contribution in [0.1, 0.15) is 5.56 Å². The van der Waals surface area contributed by atoms with E-state index in [1.165, 1.54) is 5.56 Å². The van der Waals surface area contributed by atoms with Crippen LogP contribution in [-0.2, 0) is 0 Å². The first-order valence-electron chi connectivity index (χ1n) is 5.86. The largest absolute Gasteiger partial charge is 1.00 e. The summed E-state index contributed by atoms with van der Waals surface area (Å²) in [5.74, 6) is 0.860. The predicted octanol–water partition coefficient (Wildman–Crippen LogP) is 0.322. The van der Waals surface area contributed by atoms with E-state index in [9.17, 15) is 0 Å². The van der Waals surface area contributed by atoms with Gasteiger partial charge in [0.05, 0.1) is 12.8 Å². The van der Waals surface area contributed by atoms with Crippen molar-refractivity contribution in [2.24, 2.45) is 0 Å². The number of benzene rings is 1. The molecule has 0 atom stereocenters. The molecule has 98 valence electrons. The van der Waals surface area contributed by atoms with Gasteiger partial charge in [0.25, 0.3) is 0 Å². The van der Waals surface area contributed by atoms with E-state index in [0.29, 0.717) is 0 Å². The molecule has 2 aromatic heterocycles. The third-order valence-corrected chi connectivity index (χ3v) is 3.00. The van der Waals surface area contributed by atoms with E-state index in [1.807, 2.05) is 41.1 Å². The highest BCUT2D eigenvalue weighted by Crippen LogP contribution is 2.22. The predicted molar refractivity (Wildman–Crippen MR) is 71.9 cm³/mol. The Bertz CT molecular complexity index is 689. The average molecular weight is 365 g/mol. The lowest BCUT2D eigenvalue weighted by Gasteiger charge is -1.99. The van der Waals surface area contributed by atoms with Crippen molar-refractivity contribution in [2.45, 2.75) is 6.92 Å². The maximum absolute atomic E-state index is 5.15. The Labute approximate surface area is 129 Å². The summed E-state index contributed by atoms with van der Waals surface area (Å²) < 4.78 is 7.19. The summed E-state index contributed by atoms with van der Waals surface area (Å²) in [6, 6.07) is 12.1. The van der Waals surface area contributed by atoms with E-state index in [4.69, 9.17) is 4.74 Å². The summed E-state index contributed by atoms with van der Waals surface area (Å²) in [5, 5.41) is 0. The zero-order valence-corrected chi connectivity index (χ0v) is 13.0. The van der Waals surface area contributed by atoms with Crippen molar-refractivity contribution in [1.82, 2.24) is 9.38 Å². The van der Waals surface area contributed by atoms with Crippen molar-refractivity contribution in [3.63, 3.8) is 0 Å². The van der Waals surface area contributed by atoms with Gasteiger partial charge in [0, 0.05) is 18.0 Å². The Hall–Kier alpha value is -1.56. The van der Waals surface area contributed by atoms with Crippen molar-refractivity contribution in [2.75, 3.05) is 7.11 Å². The topological polar surface area (TPSA) is 26.5 Å². The number of nitrogens with zero attached hydrogens (tertiary/aromatic N) is 2. The standard InChI is InChI=1S/C15H14N2O.HI/c1-11-7-8-17-10-14(16-15(17)9-11)12-3-5-13(18-2)6-4-12;/h3-10H,1-2H3;1H/p-1. The van der Waals surface area contributed by atoms with Gasteiger partial charge in [0.15, 0.2) is 0 Å². The summed E-state index contributed by atoms with van der Waals surface area (Å²) >= 11 is 0. The number of aromatic nitrogens is 2. The van der Waals surface area contributed by atoms with Crippen LogP contribution in [0.15, 0.2) is 48.8 Å². The minimum absolute atomic E-state index is 0. The second-order valence-corrected chi connectivity index (χ2v) is 4.32. The summed E-state index contributed by atoms with van der Waals surface area (Å²) in [5.41, 5.74) is 4.26. The molecule has 0 fully saturated rings. The highest BCUT2D eigenvalue weighted by atomic mass is 127. The van der Waals surface area contributed by atoms with Gasteiger partial charge in [0.1, 0.15) is 11.4 Å². The lowest BCUT2D eigenvalue weighted by Crippen LogP contribution is -3.00. The molecule has 2 heterocycles. The normalized spacial score (nSPS) is 10.2. The van der Waals surface area contributed by atoms with Crippen LogP contribution in [0.4, 0.5) is 0 Å². The van der Waals surface area contributed by atoms with E-state index >= 15 is 0 Å². The fraction of sp³-hybridized carbons (Fsp3) is 0.133. The first-order chi connectivity index (χ1) is 8.76. The molecular formula is C15H14IN2O-. The van der Waals surface area contributed by atoms with Crippen LogP contribution < -0.4 is 28.7 Å². The molecule has 1 aromatic carbocycles. The van der Waals surface area contributed by atoms with Crippen LogP contribution >= 0.6 is 0 Å². The van der Waals surface area contributed by atoms with Crippen LogP contribution in [0, 0.1) is 6.92 Å². The first-order valence-corrected chi connectivity index (χ1v) is 5.86. The molecule has 19 heavy (non-hydrogen) atoms. The molecule has 0 N–H and O–H groups in total. The van der Waals surface area contributed by atoms with Gasteiger partial charge in [-0.3, -0.25) is 0 Å². The Morgan fingerprint density at radius 2 is 1.84 bits per heavy atom. The van der Waals surface area contributed by atoms with E-state index in [-0.39, 0.29) is 24.0 Å². The number of hydrogen-bond acceptors (Lipinski definition) is 2. The second kappa shape index (κ2) is 5.61. The average Bonchev–Trinajstić information content (AvgIpc) is 2.81. The molecule has 3 aromatic rings. The van der Waals surface area contributed by atoms with Gasteiger partial charge < -0.3 is 33.1 Å². The molecule has 0 bridgehead atoms. The van der Waals surface area contributed by atoms with Crippen LogP contribution in [-0.4, -0.2) is 16.5 Å². The van der Waals surface area contributed by atoms with Gasteiger partial charge in [-0.25, -0.2) is 4.98 Å². The van der Waals surface area contributed by atoms with E-state index in [1.54, 1.807) is 7.11 Å². The minimum Gasteiger partial charge on any atom is -1.00 e. The number of ether oxygens (including phenoxy) is 1. The molecule has 0 saturated heterocycles. The summed E-state index contributed by atoms with van der Waals surface area (Å²) in [7, 11) is 1.67. The van der Waals surface area contributed by atoms with Gasteiger partial charge in [-0.1, -0.05) is 0 Å². The fourth-order valence-corrected chi connectivity index (χ4v) is 1.98. The van der Waals surface area contributed by atoms with Gasteiger partial charge in [-0.15, -0.1) is 0 Å². The Balaban J connectivity index is 0.00000133. The lowest BCUT2D eigenvalue weighted by molar-refractivity contribution is -0.00000408. The van der Waals surface area contributed by atoms with Crippen molar-refractivity contribution in [3.8, 4) is 17.0 Å². The maximum atomic E-state index is 5.15. The number of aryl methyl sites for hydroxylation is 1. The molecular weight excluding hydrogens is 351 g/mol. The molecule has 0 saturated carbocycles. The molecule has 0 aliphatic rings. The SMILES string of the molecule is COc1ccc(-c2cn3ccc(C)cc3n2)cc1.[I-]. The summed E-state index contributed by atoms with van der Waals surface area (Å²) in [6.07, 6.45) is 4.07. The van der Waals surface area contributed by atoms with Gasteiger partial charge >= 0.3 is 0 Å². The zero-order chi connectivity index (χ0) is 12.5. The maximum Gasteiger partial charge on any atom is 0.137 e. The summed E-state index contributed by atoms with van der Waals surface area (Å²) in [4.78, 5) is 4.62. The highest BCUT2D eigenvalue weighted by Gasteiger charge is 2.04. The number of pyridine rings is 1. The van der Waals surface area contributed by atoms with Crippen molar-refractivity contribution < 1.29 is 28.7 Å². The highest BCUT2D eigenvalue weighted by molar-refractivity contribution is 5.63. The van der Waals surface area contributed by atoms with Crippen molar-refractivity contribution in [3.05, 3.63) is 54.4 Å². The van der Waals surface area contributed by atoms with Crippen molar-refractivity contribution in [1.29, 1.82) is 0 Å². The van der Waals surface area contributed by atoms with E-state index in [2.05, 4.69) is 24.0 Å². The third-order valence-electron chi connectivity index (χ3n) is 3.00. The number of halogens is 1. The zero-order valence-electron chi connectivity index (χ0n) is 10.8. The molecule has 3 rings (SSSR count). The lowest BCUT2D eigenvalue weighted by atomic mass is 10.2. The molecule has 4 heteroatoms. The Morgan fingerprint density at radius 3 is 2.53 bits per heavy atom. The molecule has 0 aliphatic heterocycles. The monoisotopic (exact) mass is 365 g/mol. The molecule has 0 amide bonds. The van der Waals surface area contributed by atoms with Crippen molar-refractivity contribution >= 4 is 5.65 Å². The number of hydrogen-bond donors (Lipinski definition) is 0. The fourth-order valence-electron chi connectivity index (χ4n) is 1.98. The Kier molecular flexibility index (Phi) is 4.09. The van der Waals surface area contributed by atoms with Crippen LogP contribution in [0.2, 0.25) is 0 Å². The quantitative estimate of drug-likeness (QED) is 0.612. The number of fused-ring (bicyclic) bond motifs is 1. The van der Waals surface area contributed by atoms with Crippen LogP contribution in [0.25, 0.3) is 16.9 Å².